The standard InChI is InChI=1S/C14H24N4O2/c1-11-8-15-18(9-11)10-14(20)17-6-4-12(16(2)3)13(19)5-7-17/h8-9,12-13,19H,4-7,10H2,1-3H3/t12-,13-/m0/s1. The molecule has 0 unspecified atom stereocenters. The van der Waals surface area contributed by atoms with Gasteiger partial charge in [-0.3, -0.25) is 9.48 Å². The van der Waals surface area contributed by atoms with Gasteiger partial charge in [0.05, 0.1) is 12.3 Å². The van der Waals surface area contributed by atoms with Crippen LogP contribution in [-0.4, -0.2) is 69.9 Å². The van der Waals surface area contributed by atoms with E-state index in [1.54, 1.807) is 10.9 Å². The second kappa shape index (κ2) is 6.37. The lowest BCUT2D eigenvalue weighted by molar-refractivity contribution is -0.132. The molecular weight excluding hydrogens is 256 g/mol. The monoisotopic (exact) mass is 280 g/mol. The molecular formula is C14H24N4O2. The quantitative estimate of drug-likeness (QED) is 0.853. The molecule has 0 spiro atoms. The van der Waals surface area contributed by atoms with E-state index in [-0.39, 0.29) is 24.6 Å². The number of hydrogen-bond acceptors (Lipinski definition) is 4. The van der Waals surface area contributed by atoms with Crippen LogP contribution in [0.25, 0.3) is 0 Å². The minimum absolute atomic E-state index is 0.0692. The Bertz CT molecular complexity index is 458. The van der Waals surface area contributed by atoms with Gasteiger partial charge in [-0.1, -0.05) is 0 Å². The van der Waals surface area contributed by atoms with Crippen LogP contribution in [0.1, 0.15) is 18.4 Å². The van der Waals surface area contributed by atoms with Gasteiger partial charge in [0.1, 0.15) is 6.54 Å². The molecule has 2 rings (SSSR count). The maximum absolute atomic E-state index is 12.3. The number of rotatable bonds is 3. The molecule has 0 saturated carbocycles. The number of aliphatic hydroxyl groups excluding tert-OH is 1. The minimum Gasteiger partial charge on any atom is -0.391 e. The van der Waals surface area contributed by atoms with Crippen LogP contribution in [0.15, 0.2) is 12.4 Å². The van der Waals surface area contributed by atoms with Crippen LogP contribution in [0, 0.1) is 6.92 Å². The molecule has 1 amide bonds. The predicted molar refractivity (Wildman–Crippen MR) is 76.3 cm³/mol. The number of amides is 1. The molecule has 0 aromatic carbocycles. The molecule has 0 aliphatic carbocycles. The maximum Gasteiger partial charge on any atom is 0.244 e. The highest BCUT2D eigenvalue weighted by molar-refractivity contribution is 5.75. The molecule has 20 heavy (non-hydrogen) atoms. The van der Waals surface area contributed by atoms with E-state index >= 15 is 0 Å². The van der Waals surface area contributed by atoms with Gasteiger partial charge in [-0.05, 0) is 39.4 Å². The number of likely N-dealkylation sites (tertiary alicyclic amines) is 1. The third-order valence-corrected chi connectivity index (χ3v) is 3.91. The Balaban J connectivity index is 1.94. The van der Waals surface area contributed by atoms with Gasteiger partial charge in [0, 0.05) is 25.3 Å². The van der Waals surface area contributed by atoms with Crippen molar-refractivity contribution in [2.24, 2.45) is 0 Å². The third kappa shape index (κ3) is 3.58. The van der Waals surface area contributed by atoms with Crippen molar-refractivity contribution >= 4 is 5.91 Å². The topological polar surface area (TPSA) is 61.6 Å². The Labute approximate surface area is 120 Å². The molecule has 2 heterocycles. The van der Waals surface area contributed by atoms with E-state index in [0.717, 1.165) is 12.0 Å². The zero-order valence-corrected chi connectivity index (χ0v) is 12.5. The first-order chi connectivity index (χ1) is 9.47. The highest BCUT2D eigenvalue weighted by atomic mass is 16.3. The number of hydrogen-bond donors (Lipinski definition) is 1. The van der Waals surface area contributed by atoms with Gasteiger partial charge in [-0.25, -0.2) is 0 Å². The van der Waals surface area contributed by atoms with Crippen LogP contribution < -0.4 is 0 Å². The lowest BCUT2D eigenvalue weighted by Gasteiger charge is -2.26. The van der Waals surface area contributed by atoms with E-state index < -0.39 is 0 Å². The van der Waals surface area contributed by atoms with Crippen molar-refractivity contribution < 1.29 is 9.90 Å². The van der Waals surface area contributed by atoms with Crippen LogP contribution in [0.3, 0.4) is 0 Å². The summed E-state index contributed by atoms with van der Waals surface area (Å²) in [6.45, 7) is 3.54. The van der Waals surface area contributed by atoms with Crippen LogP contribution in [0.5, 0.6) is 0 Å². The van der Waals surface area contributed by atoms with Crippen molar-refractivity contribution in [3.05, 3.63) is 18.0 Å². The van der Waals surface area contributed by atoms with Gasteiger partial charge in [0.25, 0.3) is 0 Å². The maximum atomic E-state index is 12.3. The van der Waals surface area contributed by atoms with Crippen LogP contribution in [0.2, 0.25) is 0 Å². The molecule has 6 heteroatoms. The van der Waals surface area contributed by atoms with E-state index in [1.807, 2.05) is 37.0 Å². The average Bonchev–Trinajstić information content (AvgIpc) is 2.67. The molecule has 6 nitrogen and oxygen atoms in total. The van der Waals surface area contributed by atoms with Crippen molar-refractivity contribution in [2.45, 2.75) is 38.5 Å². The zero-order chi connectivity index (χ0) is 14.7. The van der Waals surface area contributed by atoms with Gasteiger partial charge in [-0.2, -0.15) is 5.10 Å². The molecule has 112 valence electrons. The van der Waals surface area contributed by atoms with Crippen molar-refractivity contribution in [1.29, 1.82) is 0 Å². The minimum atomic E-state index is -0.366. The Kier molecular flexibility index (Phi) is 4.77. The highest BCUT2D eigenvalue weighted by Crippen LogP contribution is 2.16. The largest absolute Gasteiger partial charge is 0.391 e. The van der Waals surface area contributed by atoms with Crippen molar-refractivity contribution in [2.75, 3.05) is 27.2 Å². The summed E-state index contributed by atoms with van der Waals surface area (Å²) >= 11 is 0. The normalized spacial score (nSPS) is 23.9. The van der Waals surface area contributed by atoms with Gasteiger partial charge in [0.2, 0.25) is 5.91 Å². The van der Waals surface area contributed by atoms with Gasteiger partial charge < -0.3 is 14.9 Å². The Morgan fingerprint density at radius 1 is 1.45 bits per heavy atom. The molecule has 1 aliphatic rings. The molecule has 1 aliphatic heterocycles. The van der Waals surface area contributed by atoms with Crippen LogP contribution in [0.4, 0.5) is 0 Å². The summed E-state index contributed by atoms with van der Waals surface area (Å²) in [6, 6.07) is 0.125. The summed E-state index contributed by atoms with van der Waals surface area (Å²) in [6.07, 6.45) is 4.69. The van der Waals surface area contributed by atoms with E-state index in [9.17, 15) is 9.90 Å². The molecule has 1 fully saturated rings. The number of aliphatic hydroxyl groups is 1. The van der Waals surface area contributed by atoms with Crippen molar-refractivity contribution in [1.82, 2.24) is 19.6 Å². The van der Waals surface area contributed by atoms with E-state index in [2.05, 4.69) is 5.10 Å². The first-order valence-corrected chi connectivity index (χ1v) is 7.08. The second-order valence-corrected chi connectivity index (χ2v) is 5.77. The Morgan fingerprint density at radius 2 is 2.15 bits per heavy atom. The third-order valence-electron chi connectivity index (χ3n) is 3.91. The fourth-order valence-corrected chi connectivity index (χ4v) is 2.72. The second-order valence-electron chi connectivity index (χ2n) is 5.77. The summed E-state index contributed by atoms with van der Waals surface area (Å²) in [4.78, 5) is 16.2. The number of likely N-dealkylation sites (N-methyl/N-ethyl adjacent to an activating group) is 1. The summed E-state index contributed by atoms with van der Waals surface area (Å²) in [7, 11) is 3.94. The van der Waals surface area contributed by atoms with E-state index in [0.29, 0.717) is 19.5 Å². The van der Waals surface area contributed by atoms with Crippen LogP contribution in [-0.2, 0) is 11.3 Å². The zero-order valence-electron chi connectivity index (χ0n) is 12.5. The first-order valence-electron chi connectivity index (χ1n) is 7.08. The SMILES string of the molecule is Cc1cnn(CC(=O)N2CC[C@H](O)[C@@H](N(C)C)CC2)c1. The highest BCUT2D eigenvalue weighted by Gasteiger charge is 2.28. The van der Waals surface area contributed by atoms with E-state index in [4.69, 9.17) is 0 Å². The smallest absolute Gasteiger partial charge is 0.244 e. The number of aryl methyl sites for hydroxylation is 1. The van der Waals surface area contributed by atoms with Gasteiger partial charge >= 0.3 is 0 Å². The first kappa shape index (κ1) is 15.0. The summed E-state index contributed by atoms with van der Waals surface area (Å²) in [5.74, 6) is 0.0692. The van der Waals surface area contributed by atoms with Crippen LogP contribution >= 0.6 is 0 Å². The van der Waals surface area contributed by atoms with Crippen molar-refractivity contribution in [3.63, 3.8) is 0 Å². The van der Waals surface area contributed by atoms with E-state index in [1.165, 1.54) is 0 Å². The Morgan fingerprint density at radius 3 is 2.75 bits per heavy atom. The Hall–Kier alpha value is -1.40. The fraction of sp³-hybridized carbons (Fsp3) is 0.714. The number of carbonyl (C=O) groups is 1. The molecule has 1 aromatic rings. The molecule has 0 radical (unpaired) electrons. The average molecular weight is 280 g/mol. The summed E-state index contributed by atoms with van der Waals surface area (Å²) in [5.41, 5.74) is 1.05. The molecule has 1 aromatic heterocycles. The lowest BCUT2D eigenvalue weighted by atomic mass is 10.1. The number of aromatic nitrogens is 2. The van der Waals surface area contributed by atoms with Gasteiger partial charge in [0.15, 0.2) is 0 Å². The molecule has 0 bridgehead atoms. The molecule has 1 N–H and O–H groups in total. The summed E-state index contributed by atoms with van der Waals surface area (Å²) in [5, 5.41) is 14.3. The fourth-order valence-electron chi connectivity index (χ4n) is 2.72. The predicted octanol–water partition coefficient (Wildman–Crippen LogP) is 0.105. The number of nitrogens with zero attached hydrogens (tertiary/aromatic N) is 4. The molecule has 1 saturated heterocycles. The number of carbonyl (C=O) groups excluding carboxylic acids is 1. The van der Waals surface area contributed by atoms with Crippen molar-refractivity contribution in [3.8, 4) is 0 Å². The summed E-state index contributed by atoms with van der Waals surface area (Å²) < 4.78 is 1.67. The molecule has 2 atom stereocenters. The van der Waals surface area contributed by atoms with Gasteiger partial charge in [-0.15, -0.1) is 0 Å². The lowest BCUT2D eigenvalue weighted by Crippen LogP contribution is -2.39.